The number of anilines is 2. The van der Waals surface area contributed by atoms with Crippen LogP contribution in [0.15, 0.2) is 48.5 Å². The predicted octanol–water partition coefficient (Wildman–Crippen LogP) is 0.628. The van der Waals surface area contributed by atoms with Crippen LogP contribution >= 0.6 is 0 Å². The molecule has 2 aromatic carbocycles. The van der Waals surface area contributed by atoms with E-state index in [4.69, 9.17) is 21.4 Å². The van der Waals surface area contributed by atoms with Gasteiger partial charge in [0.15, 0.2) is 0 Å². The minimum atomic E-state index is -1.53. The van der Waals surface area contributed by atoms with Crippen LogP contribution in [0, 0.1) is 0 Å². The van der Waals surface area contributed by atoms with Gasteiger partial charge < -0.3 is 32.1 Å². The number of fused-ring (bicyclic) bond motifs is 2. The van der Waals surface area contributed by atoms with Gasteiger partial charge in [-0.3, -0.25) is 9.36 Å². The molecule has 178 valence electrons. The van der Waals surface area contributed by atoms with E-state index in [-0.39, 0.29) is 6.54 Å². The highest BCUT2D eigenvalue weighted by Crippen LogP contribution is 2.31. The normalized spacial score (nSPS) is 12.8. The molecule has 0 unspecified atom stereocenters. The third-order valence-electron chi connectivity index (χ3n) is 6.20. The number of aromatic nitrogens is 3. The number of nitrogens with two attached hydrogens (primary N) is 2. The second-order valence-electron chi connectivity index (χ2n) is 8.48. The topological polar surface area (TPSA) is 164 Å². The first-order chi connectivity index (χ1) is 17.0. The summed E-state index contributed by atoms with van der Waals surface area (Å²) in [6.07, 6.45) is 1.78. The molecule has 5 rings (SSSR count). The first kappa shape index (κ1) is 22.8. The van der Waals surface area contributed by atoms with E-state index in [1.807, 2.05) is 22.8 Å². The van der Waals surface area contributed by atoms with Crippen molar-refractivity contribution >= 4 is 41.0 Å². The number of nitrogens with zero attached hydrogens (tertiary/aromatic N) is 3. The number of primary amides is 1. The molecule has 3 heterocycles. The van der Waals surface area contributed by atoms with Crippen LogP contribution in [0.4, 0.5) is 11.6 Å². The maximum Gasteiger partial charge on any atom is 0.488 e. The average Bonchev–Trinajstić information content (AvgIpc) is 3.26. The van der Waals surface area contributed by atoms with E-state index in [0.29, 0.717) is 34.7 Å². The fourth-order valence-corrected chi connectivity index (χ4v) is 4.51. The molecule has 0 saturated heterocycles. The lowest BCUT2D eigenvalue weighted by atomic mass is 9.79. The highest BCUT2D eigenvalue weighted by Gasteiger charge is 2.22. The van der Waals surface area contributed by atoms with Crippen molar-refractivity contribution in [3.05, 3.63) is 70.9 Å². The summed E-state index contributed by atoms with van der Waals surface area (Å²) in [5.41, 5.74) is 15.9. The molecule has 0 radical (unpaired) electrons. The van der Waals surface area contributed by atoms with Gasteiger partial charge in [0.25, 0.3) is 0 Å². The first-order valence-corrected chi connectivity index (χ1v) is 11.4. The molecule has 0 bridgehead atoms. The Hall–Kier alpha value is -3.93. The molecule has 2 aromatic heterocycles. The van der Waals surface area contributed by atoms with E-state index in [1.165, 1.54) is 0 Å². The van der Waals surface area contributed by atoms with Gasteiger partial charge in [0.05, 0.1) is 5.52 Å². The standard InChI is InChI=1S/C24H26BN7O3/c26-12-16-11-19-17(21(27)33)6-2-8-20(19)32(16)24-30-22-18(7-3-9-28-22)23(31-24)29-13-14-4-1-5-15(10-14)25(34)35/h1-2,4-6,8,10-11,34-35H,3,7,9,12-13,26H2,(H2,27,33)(H2,28,29,30,31). The lowest BCUT2D eigenvalue weighted by molar-refractivity contribution is 0.100. The Kier molecular flexibility index (Phi) is 6.12. The number of nitrogens with one attached hydrogen (secondary N) is 2. The summed E-state index contributed by atoms with van der Waals surface area (Å²) in [5.74, 6) is 1.35. The van der Waals surface area contributed by atoms with Gasteiger partial charge in [0.2, 0.25) is 11.9 Å². The quantitative estimate of drug-likeness (QED) is 0.214. The van der Waals surface area contributed by atoms with E-state index in [0.717, 1.165) is 47.5 Å². The second-order valence-corrected chi connectivity index (χ2v) is 8.48. The SMILES string of the molecule is NCc1cc2c(C(N)=O)cccc2n1-c1nc2c(c(NCc3cccc(B(O)O)c3)n1)CCCN2. The summed E-state index contributed by atoms with van der Waals surface area (Å²) in [7, 11) is -1.53. The van der Waals surface area contributed by atoms with Crippen LogP contribution in [-0.4, -0.2) is 44.2 Å². The lowest BCUT2D eigenvalue weighted by Gasteiger charge is -2.22. The van der Waals surface area contributed by atoms with Gasteiger partial charge in [0.1, 0.15) is 11.6 Å². The Bertz CT molecular complexity index is 1420. The van der Waals surface area contributed by atoms with E-state index >= 15 is 0 Å². The summed E-state index contributed by atoms with van der Waals surface area (Å²) >= 11 is 0. The minimum Gasteiger partial charge on any atom is -0.423 e. The second kappa shape index (κ2) is 9.38. The molecule has 0 saturated carbocycles. The highest BCUT2D eigenvalue weighted by atomic mass is 16.4. The Balaban J connectivity index is 1.59. The molecule has 8 N–H and O–H groups in total. The molecule has 35 heavy (non-hydrogen) atoms. The molecule has 1 aliphatic heterocycles. The zero-order valence-corrected chi connectivity index (χ0v) is 19.0. The Morgan fingerprint density at radius 3 is 2.77 bits per heavy atom. The molecular weight excluding hydrogens is 445 g/mol. The van der Waals surface area contributed by atoms with Crippen LogP contribution in [-0.2, 0) is 19.5 Å². The molecule has 4 aromatic rings. The third-order valence-corrected chi connectivity index (χ3v) is 6.20. The number of hydrogen-bond donors (Lipinski definition) is 6. The molecule has 0 fully saturated rings. The van der Waals surface area contributed by atoms with E-state index in [1.54, 1.807) is 30.3 Å². The number of carbonyl (C=O) groups excluding carboxylic acids is 1. The van der Waals surface area contributed by atoms with Crippen LogP contribution < -0.4 is 27.6 Å². The van der Waals surface area contributed by atoms with Gasteiger partial charge in [0, 0.05) is 41.8 Å². The fraction of sp³-hybridized carbons (Fsp3) is 0.208. The van der Waals surface area contributed by atoms with Crippen LogP contribution in [0.25, 0.3) is 16.9 Å². The zero-order chi connectivity index (χ0) is 24.5. The number of carbonyl (C=O) groups is 1. The smallest absolute Gasteiger partial charge is 0.423 e. The van der Waals surface area contributed by atoms with Crippen LogP contribution in [0.5, 0.6) is 0 Å². The largest absolute Gasteiger partial charge is 0.488 e. The number of hydrogen-bond acceptors (Lipinski definition) is 8. The molecule has 0 aliphatic carbocycles. The number of benzene rings is 2. The maximum atomic E-state index is 12.0. The predicted molar refractivity (Wildman–Crippen MR) is 136 cm³/mol. The van der Waals surface area contributed by atoms with Crippen LogP contribution in [0.3, 0.4) is 0 Å². The Morgan fingerprint density at radius 1 is 1.17 bits per heavy atom. The van der Waals surface area contributed by atoms with E-state index in [9.17, 15) is 14.8 Å². The fourth-order valence-electron chi connectivity index (χ4n) is 4.51. The summed E-state index contributed by atoms with van der Waals surface area (Å²) in [4.78, 5) is 21.7. The Labute approximate surface area is 202 Å². The Morgan fingerprint density at radius 2 is 2.00 bits per heavy atom. The van der Waals surface area contributed by atoms with Crippen molar-refractivity contribution in [3.63, 3.8) is 0 Å². The molecule has 10 nitrogen and oxygen atoms in total. The van der Waals surface area contributed by atoms with Crippen molar-refractivity contribution in [2.75, 3.05) is 17.2 Å². The van der Waals surface area contributed by atoms with Crippen LogP contribution in [0.2, 0.25) is 0 Å². The van der Waals surface area contributed by atoms with Crippen molar-refractivity contribution in [3.8, 4) is 5.95 Å². The first-order valence-electron chi connectivity index (χ1n) is 11.4. The van der Waals surface area contributed by atoms with Crippen molar-refractivity contribution < 1.29 is 14.8 Å². The summed E-state index contributed by atoms with van der Waals surface area (Å²) < 4.78 is 1.85. The van der Waals surface area contributed by atoms with E-state index in [2.05, 4.69) is 10.6 Å². The van der Waals surface area contributed by atoms with Gasteiger partial charge in [-0.2, -0.15) is 9.97 Å². The van der Waals surface area contributed by atoms with Gasteiger partial charge in [-0.1, -0.05) is 30.3 Å². The van der Waals surface area contributed by atoms with Crippen LogP contribution in [0.1, 0.15) is 33.6 Å². The average molecular weight is 471 g/mol. The number of rotatable bonds is 7. The van der Waals surface area contributed by atoms with Gasteiger partial charge >= 0.3 is 7.12 Å². The van der Waals surface area contributed by atoms with E-state index < -0.39 is 13.0 Å². The molecule has 0 atom stereocenters. The third kappa shape index (κ3) is 4.32. The van der Waals surface area contributed by atoms with Crippen molar-refractivity contribution in [2.45, 2.75) is 25.9 Å². The molecule has 1 amide bonds. The monoisotopic (exact) mass is 471 g/mol. The summed E-state index contributed by atoms with van der Waals surface area (Å²) in [5, 5.41) is 26.4. The van der Waals surface area contributed by atoms with Gasteiger partial charge in [-0.25, -0.2) is 0 Å². The van der Waals surface area contributed by atoms with Gasteiger partial charge in [-0.15, -0.1) is 0 Å². The molecule has 11 heteroatoms. The zero-order valence-electron chi connectivity index (χ0n) is 19.0. The van der Waals surface area contributed by atoms with Crippen molar-refractivity contribution in [2.24, 2.45) is 11.5 Å². The van der Waals surface area contributed by atoms with Gasteiger partial charge in [-0.05, 0) is 42.1 Å². The number of amides is 1. The molecule has 0 spiro atoms. The lowest BCUT2D eigenvalue weighted by Crippen LogP contribution is -2.30. The molecule has 1 aliphatic rings. The minimum absolute atomic E-state index is 0.222. The van der Waals surface area contributed by atoms with Crippen molar-refractivity contribution in [1.29, 1.82) is 0 Å². The molecular formula is C24H26BN7O3. The summed E-state index contributed by atoms with van der Waals surface area (Å²) in [6, 6.07) is 14.3. The highest BCUT2D eigenvalue weighted by molar-refractivity contribution is 6.58. The maximum absolute atomic E-state index is 12.0. The summed E-state index contributed by atoms with van der Waals surface area (Å²) in [6.45, 7) is 1.46. The van der Waals surface area contributed by atoms with Crippen molar-refractivity contribution in [1.82, 2.24) is 14.5 Å².